The summed E-state index contributed by atoms with van der Waals surface area (Å²) >= 11 is 3.43. The maximum Gasteiger partial charge on any atom is 0.340 e. The molecule has 2 aromatic rings. The first-order chi connectivity index (χ1) is 9.51. The molecule has 0 saturated heterocycles. The molecule has 0 spiro atoms. The number of anilines is 1. The van der Waals surface area contributed by atoms with Crippen LogP contribution >= 0.6 is 15.9 Å². The number of nitrogen functional groups attached to an aromatic ring is 1. The highest BCUT2D eigenvalue weighted by Gasteiger charge is 2.11. The first-order valence-corrected chi connectivity index (χ1v) is 6.72. The number of halogens is 1. The predicted octanol–water partition coefficient (Wildman–Crippen LogP) is 3.92. The van der Waals surface area contributed by atoms with E-state index in [0.29, 0.717) is 22.7 Å². The fourth-order valence-corrected chi connectivity index (χ4v) is 1.95. The fourth-order valence-electron chi connectivity index (χ4n) is 1.70. The second kappa shape index (κ2) is 5.96. The third-order valence-corrected chi connectivity index (χ3v) is 3.68. The lowest BCUT2D eigenvalue weighted by Gasteiger charge is -2.10. The van der Waals surface area contributed by atoms with Gasteiger partial charge in [0.1, 0.15) is 11.5 Å². The molecule has 0 bridgehead atoms. The molecule has 4 nitrogen and oxygen atoms in total. The van der Waals surface area contributed by atoms with E-state index >= 15 is 0 Å². The van der Waals surface area contributed by atoms with Crippen molar-refractivity contribution in [2.75, 3.05) is 12.8 Å². The van der Waals surface area contributed by atoms with Gasteiger partial charge >= 0.3 is 5.97 Å². The molecule has 0 aliphatic carbocycles. The van der Waals surface area contributed by atoms with Gasteiger partial charge in [-0.15, -0.1) is 0 Å². The SMILES string of the molecule is COC(=O)c1cc(Oc2ccc(Br)c(C)c2)ccc1N. The largest absolute Gasteiger partial charge is 0.465 e. The lowest BCUT2D eigenvalue weighted by molar-refractivity contribution is 0.0601. The molecule has 0 amide bonds. The van der Waals surface area contributed by atoms with E-state index in [0.717, 1.165) is 10.0 Å². The monoisotopic (exact) mass is 335 g/mol. The summed E-state index contributed by atoms with van der Waals surface area (Å²) < 4.78 is 11.4. The Morgan fingerprint density at radius 2 is 1.80 bits per heavy atom. The maximum absolute atomic E-state index is 11.6. The summed E-state index contributed by atoms with van der Waals surface area (Å²) in [6.07, 6.45) is 0. The van der Waals surface area contributed by atoms with E-state index in [1.54, 1.807) is 18.2 Å². The van der Waals surface area contributed by atoms with Gasteiger partial charge in [-0.25, -0.2) is 4.79 Å². The zero-order chi connectivity index (χ0) is 14.7. The average Bonchev–Trinajstić information content (AvgIpc) is 2.44. The van der Waals surface area contributed by atoms with Crippen LogP contribution in [0, 0.1) is 6.92 Å². The molecule has 0 aromatic heterocycles. The van der Waals surface area contributed by atoms with E-state index < -0.39 is 5.97 Å². The van der Waals surface area contributed by atoms with E-state index in [2.05, 4.69) is 20.7 Å². The summed E-state index contributed by atoms with van der Waals surface area (Å²) in [6.45, 7) is 1.97. The van der Waals surface area contributed by atoms with Crippen molar-refractivity contribution >= 4 is 27.6 Å². The smallest absolute Gasteiger partial charge is 0.340 e. The zero-order valence-electron chi connectivity index (χ0n) is 11.1. The standard InChI is InChI=1S/C15H14BrNO3/c1-9-7-10(3-5-13(9)16)20-11-4-6-14(17)12(8-11)15(18)19-2/h3-8H,17H2,1-2H3. The number of hydrogen-bond acceptors (Lipinski definition) is 4. The molecule has 0 atom stereocenters. The molecule has 0 heterocycles. The van der Waals surface area contributed by atoms with Gasteiger partial charge in [-0.3, -0.25) is 0 Å². The summed E-state index contributed by atoms with van der Waals surface area (Å²) in [4.78, 5) is 11.6. The van der Waals surface area contributed by atoms with Crippen molar-refractivity contribution in [1.29, 1.82) is 0 Å². The highest BCUT2D eigenvalue weighted by atomic mass is 79.9. The van der Waals surface area contributed by atoms with E-state index in [1.807, 2.05) is 25.1 Å². The topological polar surface area (TPSA) is 61.5 Å². The van der Waals surface area contributed by atoms with Gasteiger partial charge in [0.15, 0.2) is 0 Å². The van der Waals surface area contributed by atoms with Crippen molar-refractivity contribution in [3.63, 3.8) is 0 Å². The van der Waals surface area contributed by atoms with E-state index in [1.165, 1.54) is 7.11 Å². The molecule has 2 rings (SSSR count). The molecule has 0 fully saturated rings. The van der Waals surface area contributed by atoms with Gasteiger partial charge < -0.3 is 15.2 Å². The van der Waals surface area contributed by atoms with E-state index in [-0.39, 0.29) is 0 Å². The molecule has 0 radical (unpaired) electrons. The Hall–Kier alpha value is -2.01. The van der Waals surface area contributed by atoms with Gasteiger partial charge in [-0.1, -0.05) is 15.9 Å². The van der Waals surface area contributed by atoms with Crippen LogP contribution in [0.3, 0.4) is 0 Å². The second-order valence-corrected chi connectivity index (χ2v) is 5.11. The van der Waals surface area contributed by atoms with Gasteiger partial charge in [0.2, 0.25) is 0 Å². The van der Waals surface area contributed by atoms with Gasteiger partial charge in [0.25, 0.3) is 0 Å². The summed E-state index contributed by atoms with van der Waals surface area (Å²) in [7, 11) is 1.31. The van der Waals surface area contributed by atoms with Gasteiger partial charge in [0.05, 0.1) is 12.7 Å². The molecule has 0 saturated carbocycles. The Balaban J connectivity index is 2.29. The van der Waals surface area contributed by atoms with Crippen LogP contribution in [0.25, 0.3) is 0 Å². The molecule has 0 aliphatic rings. The number of carbonyl (C=O) groups excluding carboxylic acids is 1. The number of aryl methyl sites for hydroxylation is 1. The first kappa shape index (κ1) is 14.4. The minimum absolute atomic E-state index is 0.291. The lowest BCUT2D eigenvalue weighted by atomic mass is 10.1. The molecule has 5 heteroatoms. The maximum atomic E-state index is 11.6. The third kappa shape index (κ3) is 3.11. The van der Waals surface area contributed by atoms with Crippen LogP contribution < -0.4 is 10.5 Å². The van der Waals surface area contributed by atoms with Crippen LogP contribution in [0.2, 0.25) is 0 Å². The van der Waals surface area contributed by atoms with Crippen LogP contribution in [0.4, 0.5) is 5.69 Å². The van der Waals surface area contributed by atoms with Gasteiger partial charge in [-0.05, 0) is 48.9 Å². The molecule has 104 valence electrons. The van der Waals surface area contributed by atoms with Crippen LogP contribution in [0.1, 0.15) is 15.9 Å². The van der Waals surface area contributed by atoms with Crippen molar-refractivity contribution in [3.8, 4) is 11.5 Å². The Labute approximate surface area is 125 Å². The van der Waals surface area contributed by atoms with E-state index in [9.17, 15) is 4.79 Å². The third-order valence-electron chi connectivity index (χ3n) is 2.80. The van der Waals surface area contributed by atoms with Crippen LogP contribution in [-0.2, 0) is 4.74 Å². The van der Waals surface area contributed by atoms with Gasteiger partial charge in [0, 0.05) is 10.2 Å². The molecule has 0 aliphatic heterocycles. The number of hydrogen-bond donors (Lipinski definition) is 1. The number of benzene rings is 2. The summed E-state index contributed by atoms with van der Waals surface area (Å²) in [5.41, 5.74) is 7.45. The highest BCUT2D eigenvalue weighted by molar-refractivity contribution is 9.10. The Bertz CT molecular complexity index is 656. The lowest BCUT2D eigenvalue weighted by Crippen LogP contribution is -2.05. The Morgan fingerprint density at radius 3 is 2.45 bits per heavy atom. The fraction of sp³-hybridized carbons (Fsp3) is 0.133. The minimum Gasteiger partial charge on any atom is -0.465 e. The second-order valence-electron chi connectivity index (χ2n) is 4.25. The molecule has 2 aromatic carbocycles. The summed E-state index contributed by atoms with van der Waals surface area (Å²) in [6, 6.07) is 10.5. The van der Waals surface area contributed by atoms with Crippen molar-refractivity contribution in [2.45, 2.75) is 6.92 Å². The van der Waals surface area contributed by atoms with Crippen LogP contribution in [-0.4, -0.2) is 13.1 Å². The summed E-state index contributed by atoms with van der Waals surface area (Å²) in [5.74, 6) is 0.729. The first-order valence-electron chi connectivity index (χ1n) is 5.93. The molecular formula is C15H14BrNO3. The molecule has 20 heavy (non-hydrogen) atoms. The van der Waals surface area contributed by atoms with Crippen molar-refractivity contribution in [2.24, 2.45) is 0 Å². The number of rotatable bonds is 3. The summed E-state index contributed by atoms with van der Waals surface area (Å²) in [5, 5.41) is 0. The zero-order valence-corrected chi connectivity index (χ0v) is 12.7. The van der Waals surface area contributed by atoms with Crippen LogP contribution in [0.15, 0.2) is 40.9 Å². The predicted molar refractivity (Wildman–Crippen MR) is 81.1 cm³/mol. The van der Waals surface area contributed by atoms with Gasteiger partial charge in [-0.2, -0.15) is 0 Å². The normalized spacial score (nSPS) is 10.2. The number of nitrogens with two attached hydrogens (primary N) is 1. The average molecular weight is 336 g/mol. The minimum atomic E-state index is -0.486. The molecular weight excluding hydrogens is 322 g/mol. The van der Waals surface area contributed by atoms with Crippen molar-refractivity contribution in [1.82, 2.24) is 0 Å². The Morgan fingerprint density at radius 1 is 1.15 bits per heavy atom. The van der Waals surface area contributed by atoms with Crippen molar-refractivity contribution < 1.29 is 14.3 Å². The Kier molecular flexibility index (Phi) is 4.29. The number of ether oxygens (including phenoxy) is 2. The number of carbonyl (C=O) groups is 1. The number of esters is 1. The quantitative estimate of drug-likeness (QED) is 0.682. The molecule has 2 N–H and O–H groups in total. The highest BCUT2D eigenvalue weighted by Crippen LogP contribution is 2.28. The van der Waals surface area contributed by atoms with E-state index in [4.69, 9.17) is 10.5 Å². The number of methoxy groups -OCH3 is 1. The van der Waals surface area contributed by atoms with Crippen molar-refractivity contribution in [3.05, 3.63) is 52.0 Å². The molecule has 0 unspecified atom stereocenters. The van der Waals surface area contributed by atoms with Crippen LogP contribution in [0.5, 0.6) is 11.5 Å².